The normalized spacial score (nSPS) is 11.2. The Balaban J connectivity index is 3.51. The zero-order chi connectivity index (χ0) is 29.0. The van der Waals surface area contributed by atoms with Gasteiger partial charge in [0, 0.05) is 0 Å². The third-order valence-electron chi connectivity index (χ3n) is 7.81. The molecule has 0 aliphatic heterocycles. The van der Waals surface area contributed by atoms with Crippen molar-refractivity contribution in [3.05, 3.63) is 33.4 Å². The van der Waals surface area contributed by atoms with E-state index in [1.54, 1.807) is 0 Å². The summed E-state index contributed by atoms with van der Waals surface area (Å²) in [4.78, 5) is 37.4. The summed E-state index contributed by atoms with van der Waals surface area (Å²) in [6.45, 7) is 6.50. The quantitative estimate of drug-likeness (QED) is 0.111. The molecule has 0 fully saturated rings. The highest BCUT2D eigenvalue weighted by atomic mass is 16.4. The van der Waals surface area contributed by atoms with Crippen LogP contribution in [0, 0.1) is 0 Å². The number of hydrogen-bond donors (Lipinski definition) is 3. The Kier molecular flexibility index (Phi) is 18.2. The molecule has 1 aromatic carbocycles. The van der Waals surface area contributed by atoms with Crippen LogP contribution in [0.5, 0.6) is 0 Å². The van der Waals surface area contributed by atoms with E-state index in [4.69, 9.17) is 0 Å². The average molecular weight is 547 g/mol. The molecule has 0 aromatic heterocycles. The number of benzene rings is 1. The second-order valence-corrected chi connectivity index (χ2v) is 11.0. The Morgan fingerprint density at radius 3 is 0.923 bits per heavy atom. The van der Waals surface area contributed by atoms with Crippen LogP contribution in [0.1, 0.15) is 184 Å². The molecule has 0 aliphatic rings. The van der Waals surface area contributed by atoms with E-state index in [0.717, 1.165) is 102 Å². The van der Waals surface area contributed by atoms with Crippen molar-refractivity contribution in [3.8, 4) is 0 Å². The molecule has 0 spiro atoms. The number of carboxylic acid groups (broad SMARTS) is 3. The Hall–Kier alpha value is -2.37. The summed E-state index contributed by atoms with van der Waals surface area (Å²) in [7, 11) is 0. The van der Waals surface area contributed by atoms with Crippen LogP contribution in [0.2, 0.25) is 0 Å². The van der Waals surface area contributed by atoms with Crippen molar-refractivity contribution in [2.75, 3.05) is 0 Å². The standard InChI is InChI=1S/C33H54O6/c1-4-7-10-13-16-19-22-25-26(23-20-17-14-11-8-5-2)28(31(34)35)30(33(38)39)29(32(36)37)27(25)24-21-18-15-12-9-6-3/h4-24H2,1-3H3,(H,34,35)(H,36,37)(H,38,39). The smallest absolute Gasteiger partial charge is 0.337 e. The first-order valence-corrected chi connectivity index (χ1v) is 15.7. The average Bonchev–Trinajstić information content (AvgIpc) is 2.89. The summed E-state index contributed by atoms with van der Waals surface area (Å²) >= 11 is 0. The van der Waals surface area contributed by atoms with Crippen LogP contribution in [0.3, 0.4) is 0 Å². The van der Waals surface area contributed by atoms with Crippen LogP contribution >= 0.6 is 0 Å². The molecule has 39 heavy (non-hydrogen) atoms. The second kappa shape index (κ2) is 20.5. The molecule has 1 rings (SSSR count). The summed E-state index contributed by atoms with van der Waals surface area (Å²) in [5, 5.41) is 30.5. The number of hydrogen-bond acceptors (Lipinski definition) is 3. The van der Waals surface area contributed by atoms with Gasteiger partial charge in [-0.25, -0.2) is 14.4 Å². The van der Waals surface area contributed by atoms with Crippen LogP contribution < -0.4 is 0 Å². The maximum absolute atomic E-state index is 12.5. The Bertz CT molecular complexity index is 834. The molecule has 1 aromatic rings. The van der Waals surface area contributed by atoms with Gasteiger partial charge in [0.05, 0.1) is 16.7 Å². The van der Waals surface area contributed by atoms with E-state index >= 15 is 0 Å². The summed E-state index contributed by atoms with van der Waals surface area (Å²) in [5.74, 6) is -4.15. The predicted molar refractivity (Wildman–Crippen MR) is 159 cm³/mol. The van der Waals surface area contributed by atoms with E-state index in [1.807, 2.05) is 0 Å². The highest BCUT2D eigenvalue weighted by Gasteiger charge is 2.32. The molecule has 6 nitrogen and oxygen atoms in total. The van der Waals surface area contributed by atoms with Crippen molar-refractivity contribution in [1.82, 2.24) is 0 Å². The molecule has 0 amide bonds. The number of carbonyl (C=O) groups is 3. The molecular weight excluding hydrogens is 492 g/mol. The van der Waals surface area contributed by atoms with E-state index in [2.05, 4.69) is 20.8 Å². The molecule has 0 saturated carbocycles. The SMILES string of the molecule is CCCCCCCCc1c(CCCCCCCC)c(C(=O)O)c(C(=O)O)c(C(=O)O)c1CCCCCCCC. The first-order valence-electron chi connectivity index (χ1n) is 15.7. The van der Waals surface area contributed by atoms with Crippen LogP contribution in [0.4, 0.5) is 0 Å². The van der Waals surface area contributed by atoms with E-state index in [-0.39, 0.29) is 11.1 Å². The maximum atomic E-state index is 12.5. The van der Waals surface area contributed by atoms with Gasteiger partial charge in [0.15, 0.2) is 0 Å². The minimum absolute atomic E-state index is 0.305. The van der Waals surface area contributed by atoms with E-state index in [0.29, 0.717) is 30.4 Å². The van der Waals surface area contributed by atoms with E-state index in [1.165, 1.54) is 19.3 Å². The summed E-state index contributed by atoms with van der Waals surface area (Å²) < 4.78 is 0. The summed E-state index contributed by atoms with van der Waals surface area (Å²) in [5.41, 5.74) is 0.781. The van der Waals surface area contributed by atoms with Crippen LogP contribution in [-0.2, 0) is 19.3 Å². The van der Waals surface area contributed by atoms with Crippen molar-refractivity contribution >= 4 is 17.9 Å². The largest absolute Gasteiger partial charge is 0.478 e. The van der Waals surface area contributed by atoms with Gasteiger partial charge in [-0.1, -0.05) is 117 Å². The van der Waals surface area contributed by atoms with Gasteiger partial charge in [0.1, 0.15) is 0 Å². The van der Waals surface area contributed by atoms with E-state index in [9.17, 15) is 29.7 Å². The van der Waals surface area contributed by atoms with Gasteiger partial charge < -0.3 is 15.3 Å². The second-order valence-electron chi connectivity index (χ2n) is 11.0. The lowest BCUT2D eigenvalue weighted by Crippen LogP contribution is -2.23. The summed E-state index contributed by atoms with van der Waals surface area (Å²) in [6.07, 6.45) is 20.5. The van der Waals surface area contributed by atoms with Gasteiger partial charge in [0.2, 0.25) is 0 Å². The van der Waals surface area contributed by atoms with Gasteiger partial charge in [-0.2, -0.15) is 0 Å². The van der Waals surface area contributed by atoms with Crippen molar-refractivity contribution < 1.29 is 29.7 Å². The van der Waals surface area contributed by atoms with Crippen LogP contribution in [0.25, 0.3) is 0 Å². The minimum Gasteiger partial charge on any atom is -0.478 e. The lowest BCUT2D eigenvalue weighted by molar-refractivity contribution is 0.0631. The molecule has 0 atom stereocenters. The Labute approximate surface area is 236 Å². The lowest BCUT2D eigenvalue weighted by Gasteiger charge is -2.23. The number of aromatic carboxylic acids is 3. The number of unbranched alkanes of at least 4 members (excludes halogenated alkanes) is 15. The molecular formula is C33H54O6. The predicted octanol–water partition coefficient (Wildman–Crippen LogP) is 9.49. The molecule has 0 aliphatic carbocycles. The highest BCUT2D eigenvalue weighted by Crippen LogP contribution is 2.33. The maximum Gasteiger partial charge on any atom is 0.337 e. The van der Waals surface area contributed by atoms with Crippen molar-refractivity contribution in [2.24, 2.45) is 0 Å². The van der Waals surface area contributed by atoms with Crippen LogP contribution in [0.15, 0.2) is 0 Å². The van der Waals surface area contributed by atoms with Gasteiger partial charge in [-0.15, -0.1) is 0 Å². The molecule has 0 saturated heterocycles. The fourth-order valence-corrected chi connectivity index (χ4v) is 5.70. The topological polar surface area (TPSA) is 112 Å². The Morgan fingerprint density at radius 2 is 0.641 bits per heavy atom. The van der Waals surface area contributed by atoms with Crippen molar-refractivity contribution in [3.63, 3.8) is 0 Å². The fourth-order valence-electron chi connectivity index (χ4n) is 5.70. The molecule has 0 unspecified atom stereocenters. The van der Waals surface area contributed by atoms with Gasteiger partial charge in [0.25, 0.3) is 0 Å². The van der Waals surface area contributed by atoms with Gasteiger partial charge in [-0.3, -0.25) is 0 Å². The fraction of sp³-hybridized carbons (Fsp3) is 0.727. The van der Waals surface area contributed by atoms with Gasteiger partial charge >= 0.3 is 17.9 Å². The molecule has 0 radical (unpaired) electrons. The molecule has 6 heteroatoms. The summed E-state index contributed by atoms with van der Waals surface area (Å²) in [6, 6.07) is 0. The molecule has 0 heterocycles. The zero-order valence-corrected chi connectivity index (χ0v) is 24.9. The third-order valence-corrected chi connectivity index (χ3v) is 7.81. The van der Waals surface area contributed by atoms with Crippen LogP contribution in [-0.4, -0.2) is 33.2 Å². The third kappa shape index (κ3) is 12.1. The number of rotatable bonds is 24. The van der Waals surface area contributed by atoms with Gasteiger partial charge in [-0.05, 0) is 55.2 Å². The first-order chi connectivity index (χ1) is 18.8. The van der Waals surface area contributed by atoms with Crippen molar-refractivity contribution in [2.45, 2.75) is 156 Å². The molecule has 0 bridgehead atoms. The highest BCUT2D eigenvalue weighted by molar-refractivity contribution is 6.11. The number of carboxylic acids is 3. The lowest BCUT2D eigenvalue weighted by atomic mass is 9.80. The minimum atomic E-state index is -1.47. The Morgan fingerprint density at radius 1 is 0.385 bits per heavy atom. The zero-order valence-electron chi connectivity index (χ0n) is 24.9. The molecule has 222 valence electrons. The van der Waals surface area contributed by atoms with Crippen molar-refractivity contribution in [1.29, 1.82) is 0 Å². The monoisotopic (exact) mass is 546 g/mol. The van der Waals surface area contributed by atoms with E-state index < -0.39 is 23.5 Å². The first kappa shape index (κ1) is 34.7. The molecule has 3 N–H and O–H groups in total.